The zero-order valence-corrected chi connectivity index (χ0v) is 16.9. The van der Waals surface area contributed by atoms with Gasteiger partial charge in [-0.2, -0.15) is 0 Å². The molecule has 0 heterocycles. The number of anilines is 1. The summed E-state index contributed by atoms with van der Waals surface area (Å²) in [5.41, 5.74) is -0.106. The molecule has 1 amide bonds. The van der Waals surface area contributed by atoms with Gasteiger partial charge in [-0.15, -0.1) is 0 Å². The predicted molar refractivity (Wildman–Crippen MR) is 104 cm³/mol. The second kappa shape index (κ2) is 9.58. The van der Waals surface area contributed by atoms with Crippen LogP contribution in [0.4, 0.5) is 5.69 Å². The third-order valence-corrected chi connectivity index (χ3v) is 5.00. The Balaban J connectivity index is 2.09. The maximum absolute atomic E-state index is 13.0. The van der Waals surface area contributed by atoms with Crippen molar-refractivity contribution in [2.45, 2.75) is 58.2 Å². The van der Waals surface area contributed by atoms with Crippen molar-refractivity contribution in [3.05, 3.63) is 23.2 Å². The van der Waals surface area contributed by atoms with Crippen molar-refractivity contribution in [1.29, 1.82) is 0 Å². The van der Waals surface area contributed by atoms with Crippen molar-refractivity contribution in [2.24, 2.45) is 5.92 Å². The molecule has 0 aliphatic heterocycles. The molecule has 1 N–H and O–H groups in total. The molecule has 0 spiro atoms. The fourth-order valence-corrected chi connectivity index (χ4v) is 3.81. The van der Waals surface area contributed by atoms with E-state index in [1.54, 1.807) is 25.3 Å². The van der Waals surface area contributed by atoms with Crippen LogP contribution in [0.1, 0.15) is 46.5 Å². The molecule has 1 aromatic rings. The van der Waals surface area contributed by atoms with Crippen molar-refractivity contribution in [1.82, 2.24) is 0 Å². The van der Waals surface area contributed by atoms with E-state index in [0.717, 1.165) is 25.7 Å². The maximum Gasteiger partial charge on any atom is 0.256 e. The number of benzene rings is 1. The number of nitrogens with one attached hydrogen (secondary N) is 1. The Kier molecular flexibility index (Phi) is 7.74. The number of carbonyl (C=O) groups is 1. The van der Waals surface area contributed by atoms with Gasteiger partial charge in [-0.3, -0.25) is 4.79 Å². The third kappa shape index (κ3) is 5.35. The van der Waals surface area contributed by atoms with Crippen molar-refractivity contribution in [2.75, 3.05) is 25.6 Å². The van der Waals surface area contributed by atoms with E-state index in [-0.39, 0.29) is 12.0 Å². The summed E-state index contributed by atoms with van der Waals surface area (Å²) in [6.45, 7) is 7.00. The van der Waals surface area contributed by atoms with Gasteiger partial charge < -0.3 is 19.5 Å². The lowest BCUT2D eigenvalue weighted by Gasteiger charge is -2.38. The Morgan fingerprint density at radius 3 is 2.85 bits per heavy atom. The van der Waals surface area contributed by atoms with E-state index < -0.39 is 5.60 Å². The molecule has 26 heavy (non-hydrogen) atoms. The standard InChI is InChI=1S/C20H30ClNO4/c1-5-25-20(10-6-7-14(2)12-20)19(23)22-16-8-9-18(17(21)11-16)26-15(3)13-24-4/h8-9,11,14-15H,5-7,10,12-13H2,1-4H3,(H,22,23)/t14-,15+,20+/m1/s1. The normalized spacial score (nSPS) is 24.1. The first-order valence-electron chi connectivity index (χ1n) is 9.30. The fourth-order valence-electron chi connectivity index (χ4n) is 3.59. The molecule has 1 aromatic carbocycles. The number of ether oxygens (including phenoxy) is 3. The van der Waals surface area contributed by atoms with Gasteiger partial charge in [-0.05, 0) is 57.2 Å². The van der Waals surface area contributed by atoms with Gasteiger partial charge in [0.05, 0.1) is 11.6 Å². The van der Waals surface area contributed by atoms with Crippen LogP contribution in [-0.4, -0.2) is 37.9 Å². The van der Waals surface area contributed by atoms with E-state index in [9.17, 15) is 4.79 Å². The van der Waals surface area contributed by atoms with Crippen molar-refractivity contribution in [3.8, 4) is 5.75 Å². The number of rotatable bonds is 8. The van der Waals surface area contributed by atoms with Crippen LogP contribution in [0, 0.1) is 5.92 Å². The van der Waals surface area contributed by atoms with Gasteiger partial charge in [0.2, 0.25) is 0 Å². The number of carbonyl (C=O) groups excluding carboxylic acids is 1. The summed E-state index contributed by atoms with van der Waals surface area (Å²) in [4.78, 5) is 13.0. The lowest BCUT2D eigenvalue weighted by atomic mass is 9.78. The number of methoxy groups -OCH3 is 1. The summed E-state index contributed by atoms with van der Waals surface area (Å²) >= 11 is 6.31. The summed E-state index contributed by atoms with van der Waals surface area (Å²) in [7, 11) is 1.63. The van der Waals surface area contributed by atoms with E-state index in [1.807, 2.05) is 13.8 Å². The minimum Gasteiger partial charge on any atom is -0.487 e. The first-order valence-corrected chi connectivity index (χ1v) is 9.68. The van der Waals surface area contributed by atoms with Gasteiger partial charge in [0.25, 0.3) is 5.91 Å². The van der Waals surface area contributed by atoms with Crippen LogP contribution in [0.15, 0.2) is 18.2 Å². The van der Waals surface area contributed by atoms with Gasteiger partial charge >= 0.3 is 0 Å². The number of halogens is 1. The minimum atomic E-state index is -0.749. The van der Waals surface area contributed by atoms with Crippen LogP contribution in [-0.2, 0) is 14.3 Å². The van der Waals surface area contributed by atoms with Gasteiger partial charge in [-0.25, -0.2) is 0 Å². The average molecular weight is 384 g/mol. The maximum atomic E-state index is 13.0. The summed E-state index contributed by atoms with van der Waals surface area (Å²) in [5, 5.41) is 3.43. The van der Waals surface area contributed by atoms with Gasteiger partial charge in [0.1, 0.15) is 17.5 Å². The van der Waals surface area contributed by atoms with Crippen molar-refractivity contribution < 1.29 is 19.0 Å². The Hall–Kier alpha value is -1.30. The molecule has 0 bridgehead atoms. The van der Waals surface area contributed by atoms with E-state index in [2.05, 4.69) is 12.2 Å². The lowest BCUT2D eigenvalue weighted by Crippen LogP contribution is -2.48. The molecule has 2 rings (SSSR count). The van der Waals surface area contributed by atoms with Crippen molar-refractivity contribution in [3.63, 3.8) is 0 Å². The van der Waals surface area contributed by atoms with E-state index >= 15 is 0 Å². The van der Waals surface area contributed by atoms with Crippen LogP contribution < -0.4 is 10.1 Å². The van der Waals surface area contributed by atoms with E-state index in [0.29, 0.717) is 35.6 Å². The molecule has 0 unspecified atom stereocenters. The zero-order valence-electron chi connectivity index (χ0n) is 16.1. The predicted octanol–water partition coefficient (Wildman–Crippen LogP) is 4.68. The highest BCUT2D eigenvalue weighted by atomic mass is 35.5. The molecule has 6 heteroatoms. The summed E-state index contributed by atoms with van der Waals surface area (Å²) in [6.07, 6.45) is 3.53. The van der Waals surface area contributed by atoms with Gasteiger partial charge in [0, 0.05) is 19.4 Å². The van der Waals surface area contributed by atoms with Crippen LogP contribution in [0.3, 0.4) is 0 Å². The average Bonchev–Trinajstić information content (AvgIpc) is 2.58. The Morgan fingerprint density at radius 1 is 1.46 bits per heavy atom. The molecular formula is C20H30ClNO4. The van der Waals surface area contributed by atoms with Crippen LogP contribution in [0.2, 0.25) is 5.02 Å². The van der Waals surface area contributed by atoms with Gasteiger partial charge in [-0.1, -0.05) is 24.9 Å². The number of hydrogen-bond acceptors (Lipinski definition) is 4. The van der Waals surface area contributed by atoms with Gasteiger partial charge in [0.15, 0.2) is 0 Å². The summed E-state index contributed by atoms with van der Waals surface area (Å²) in [5.74, 6) is 0.950. The monoisotopic (exact) mass is 383 g/mol. The van der Waals surface area contributed by atoms with E-state index in [1.165, 1.54) is 0 Å². The largest absolute Gasteiger partial charge is 0.487 e. The smallest absolute Gasteiger partial charge is 0.256 e. The van der Waals surface area contributed by atoms with Crippen molar-refractivity contribution >= 4 is 23.2 Å². The SMILES string of the molecule is CCO[C@@]1(C(=O)Nc2ccc(O[C@@H](C)COC)c(Cl)c2)CCC[C@@H](C)C1. The molecule has 0 aromatic heterocycles. The molecule has 1 aliphatic rings. The number of amides is 1. The first kappa shape index (κ1) is 21.0. The quantitative estimate of drug-likeness (QED) is 0.708. The van der Waals surface area contributed by atoms with Crippen LogP contribution >= 0.6 is 11.6 Å². The Morgan fingerprint density at radius 2 is 2.23 bits per heavy atom. The Labute approximate surface area is 161 Å². The fraction of sp³-hybridized carbons (Fsp3) is 0.650. The molecule has 1 saturated carbocycles. The third-order valence-electron chi connectivity index (χ3n) is 4.71. The highest BCUT2D eigenvalue weighted by Crippen LogP contribution is 2.37. The molecule has 0 saturated heterocycles. The highest BCUT2D eigenvalue weighted by Gasteiger charge is 2.42. The highest BCUT2D eigenvalue weighted by molar-refractivity contribution is 6.32. The van der Waals surface area contributed by atoms with Crippen LogP contribution in [0.25, 0.3) is 0 Å². The molecule has 5 nitrogen and oxygen atoms in total. The molecule has 3 atom stereocenters. The Bertz CT molecular complexity index is 605. The van der Waals surface area contributed by atoms with Crippen LogP contribution in [0.5, 0.6) is 5.75 Å². The summed E-state index contributed by atoms with van der Waals surface area (Å²) in [6, 6.07) is 5.27. The first-order chi connectivity index (χ1) is 12.4. The molecule has 0 radical (unpaired) electrons. The second-order valence-electron chi connectivity index (χ2n) is 7.11. The molecule has 146 valence electrons. The second-order valence-corrected chi connectivity index (χ2v) is 7.52. The lowest BCUT2D eigenvalue weighted by molar-refractivity contribution is -0.147. The molecule has 1 aliphatic carbocycles. The molecular weight excluding hydrogens is 354 g/mol. The topological polar surface area (TPSA) is 56.8 Å². The zero-order chi connectivity index (χ0) is 19.2. The molecule has 1 fully saturated rings. The van der Waals surface area contributed by atoms with E-state index in [4.69, 9.17) is 25.8 Å². The minimum absolute atomic E-state index is 0.0941. The summed E-state index contributed by atoms with van der Waals surface area (Å²) < 4.78 is 16.7. The number of hydrogen-bond donors (Lipinski definition) is 1.